The molecule has 4 saturated heterocycles. The average molecular weight is 784 g/mol. The van der Waals surface area contributed by atoms with Crippen molar-refractivity contribution in [2.45, 2.75) is 78.6 Å². The number of hydrogen-bond donors (Lipinski definition) is 1. The number of piperidine rings is 2. The fraction of sp³-hybridized carbons (Fsp3) is 0.610. The van der Waals surface area contributed by atoms with Gasteiger partial charge in [-0.2, -0.15) is 0 Å². The van der Waals surface area contributed by atoms with Gasteiger partial charge in [-0.3, -0.25) is 9.69 Å². The van der Waals surface area contributed by atoms with Crippen molar-refractivity contribution in [3.05, 3.63) is 59.7 Å². The lowest BCUT2D eigenvalue weighted by molar-refractivity contribution is -0.125. The number of nitrogens with zero attached hydrogens (tertiary/aromatic N) is 4. The molecule has 2 aromatic carbocycles. The Balaban J connectivity index is 1.02. The Bertz CT molecular complexity index is 1890. The highest BCUT2D eigenvalue weighted by Gasteiger charge is 2.54. The van der Waals surface area contributed by atoms with Crippen LogP contribution < -0.4 is 10.2 Å². The van der Waals surface area contributed by atoms with Crippen LogP contribution in [0.4, 0.5) is 23.7 Å². The van der Waals surface area contributed by atoms with E-state index in [4.69, 9.17) is 11.2 Å². The monoisotopic (exact) mass is 783 g/mol. The molecule has 5 aliphatic rings. The number of alkyl halides is 1. The minimum Gasteiger partial charge on any atom is -0.453 e. The number of anilines is 1. The molecule has 2 amide bonds. The molecule has 1 unspecified atom stereocenters. The molecule has 0 radical (unpaired) electrons. The number of nitrogens with one attached hydrogen (secondary N) is 1. The van der Waals surface area contributed by atoms with Crippen LogP contribution in [0.25, 0.3) is 0 Å². The van der Waals surface area contributed by atoms with Gasteiger partial charge in [-0.05, 0) is 125 Å². The van der Waals surface area contributed by atoms with Crippen molar-refractivity contribution in [1.82, 2.24) is 20.0 Å². The lowest BCUT2D eigenvalue weighted by Crippen LogP contribution is -2.65. The summed E-state index contributed by atoms with van der Waals surface area (Å²) in [5.74, 6) is 0.688. The van der Waals surface area contributed by atoms with Crippen molar-refractivity contribution in [2.75, 3.05) is 77.5 Å². The third-order valence-corrected chi connectivity index (χ3v) is 15.2. The number of benzene rings is 2. The number of carbonyl (C=O) groups is 2. The summed E-state index contributed by atoms with van der Waals surface area (Å²) in [5.41, 5.74) is -0.892. The van der Waals surface area contributed by atoms with E-state index in [1.165, 1.54) is 30.2 Å². The number of halogens is 3. The number of sulfone groups is 1. The molecule has 0 aromatic heterocycles. The van der Waals surface area contributed by atoms with E-state index in [0.717, 1.165) is 69.8 Å². The summed E-state index contributed by atoms with van der Waals surface area (Å²) < 4.78 is 78.6. The molecule has 2 aromatic rings. The molecule has 298 valence electrons. The predicted molar refractivity (Wildman–Crippen MR) is 203 cm³/mol. The lowest BCUT2D eigenvalue weighted by Gasteiger charge is -2.54. The van der Waals surface area contributed by atoms with E-state index in [1.54, 1.807) is 17.0 Å². The van der Waals surface area contributed by atoms with Gasteiger partial charge in [0.2, 0.25) is 0 Å². The SMILES string of the molecule is C#CC(=O)N1CCCC(S(=O)(=O)c2ccc(N3CC(F)(CN4CCC([C@@](CN5CCC5)(c5cccc(F)c5)[C@H]5CCC[C@@H]5NC(=O)OC)CC4)C3)c(F)c2)C1. The van der Waals surface area contributed by atoms with Crippen LogP contribution in [0.1, 0.15) is 56.9 Å². The molecule has 55 heavy (non-hydrogen) atoms. The number of terminal acetylenes is 1. The maximum absolute atomic E-state index is 16.3. The van der Waals surface area contributed by atoms with Gasteiger partial charge in [0.05, 0.1) is 36.0 Å². The molecule has 4 heterocycles. The third kappa shape index (κ3) is 7.94. The second-order valence-corrected chi connectivity index (χ2v) is 18.6. The zero-order chi connectivity index (χ0) is 39.0. The molecular formula is C41H52F3N5O5S. The molecular weight excluding hydrogens is 732 g/mol. The van der Waals surface area contributed by atoms with Crippen LogP contribution in [0, 0.1) is 35.8 Å². The molecule has 7 rings (SSSR count). The maximum Gasteiger partial charge on any atom is 0.407 e. The highest BCUT2D eigenvalue weighted by molar-refractivity contribution is 7.92. The normalized spacial score (nSPS) is 26.0. The molecule has 1 saturated carbocycles. The Kier molecular flexibility index (Phi) is 11.5. The molecule has 14 heteroatoms. The van der Waals surface area contributed by atoms with Crippen LogP contribution in [0.5, 0.6) is 0 Å². The van der Waals surface area contributed by atoms with Crippen molar-refractivity contribution in [1.29, 1.82) is 0 Å². The Morgan fingerprint density at radius 1 is 0.964 bits per heavy atom. The first-order valence-electron chi connectivity index (χ1n) is 19.6. The van der Waals surface area contributed by atoms with Crippen LogP contribution in [0.3, 0.4) is 0 Å². The summed E-state index contributed by atoms with van der Waals surface area (Å²) in [5, 5.41) is 2.22. The van der Waals surface area contributed by atoms with Gasteiger partial charge in [0.15, 0.2) is 15.5 Å². The van der Waals surface area contributed by atoms with E-state index < -0.39 is 44.0 Å². The van der Waals surface area contributed by atoms with Crippen LogP contribution in [0.2, 0.25) is 0 Å². The van der Waals surface area contributed by atoms with Crippen molar-refractivity contribution in [2.24, 2.45) is 11.8 Å². The first-order valence-corrected chi connectivity index (χ1v) is 21.2. The Morgan fingerprint density at radius 3 is 2.38 bits per heavy atom. The summed E-state index contributed by atoms with van der Waals surface area (Å²) in [6.45, 7) is 4.52. The van der Waals surface area contributed by atoms with E-state index in [-0.39, 0.29) is 60.5 Å². The second kappa shape index (κ2) is 16.0. The number of methoxy groups -OCH3 is 1. The molecule has 1 aliphatic carbocycles. The summed E-state index contributed by atoms with van der Waals surface area (Å²) in [4.78, 5) is 31.8. The molecule has 0 bridgehead atoms. The third-order valence-electron chi connectivity index (χ3n) is 13.0. The number of hydrogen-bond acceptors (Lipinski definition) is 8. The maximum atomic E-state index is 16.3. The minimum atomic E-state index is -3.94. The van der Waals surface area contributed by atoms with Crippen molar-refractivity contribution < 1.29 is 35.9 Å². The van der Waals surface area contributed by atoms with Crippen LogP contribution >= 0.6 is 0 Å². The van der Waals surface area contributed by atoms with Crippen molar-refractivity contribution >= 4 is 27.5 Å². The van der Waals surface area contributed by atoms with Crippen molar-refractivity contribution in [3.63, 3.8) is 0 Å². The Morgan fingerprint density at radius 2 is 1.73 bits per heavy atom. The first-order chi connectivity index (χ1) is 26.3. The summed E-state index contributed by atoms with van der Waals surface area (Å²) in [6.07, 6.45) is 10.9. The zero-order valence-corrected chi connectivity index (χ0v) is 32.3. The number of amides is 2. The van der Waals surface area contributed by atoms with E-state index in [1.807, 2.05) is 12.0 Å². The molecule has 4 atom stereocenters. The Labute approximate surface area is 322 Å². The van der Waals surface area contributed by atoms with E-state index in [2.05, 4.69) is 15.1 Å². The van der Waals surface area contributed by atoms with Crippen LogP contribution in [0.15, 0.2) is 47.4 Å². The first kappa shape index (κ1) is 39.4. The fourth-order valence-electron chi connectivity index (χ4n) is 10.2. The number of ether oxygens (including phenoxy) is 1. The average Bonchev–Trinajstić information content (AvgIpc) is 3.61. The van der Waals surface area contributed by atoms with Gasteiger partial charge >= 0.3 is 6.09 Å². The predicted octanol–water partition coefficient (Wildman–Crippen LogP) is 4.77. The number of alkyl carbamates (subject to hydrolysis) is 1. The molecule has 0 spiro atoms. The summed E-state index contributed by atoms with van der Waals surface area (Å²) in [7, 11) is -2.57. The van der Waals surface area contributed by atoms with E-state index in [9.17, 15) is 22.4 Å². The summed E-state index contributed by atoms with van der Waals surface area (Å²) >= 11 is 0. The fourth-order valence-corrected chi connectivity index (χ4v) is 12.0. The number of rotatable bonds is 11. The topological polar surface area (TPSA) is 103 Å². The van der Waals surface area contributed by atoms with E-state index >= 15 is 8.78 Å². The van der Waals surface area contributed by atoms with Crippen LogP contribution in [-0.4, -0.2) is 125 Å². The largest absolute Gasteiger partial charge is 0.453 e. The molecule has 5 fully saturated rings. The van der Waals surface area contributed by atoms with Crippen LogP contribution in [-0.2, 0) is 24.8 Å². The number of likely N-dealkylation sites (tertiary alicyclic amines) is 3. The smallest absolute Gasteiger partial charge is 0.407 e. The standard InChI is InChI=1S/C41H52F3N5O5S/c1-3-38(50)48-19-6-10-33(24-48)55(52,53)32-13-14-37(35(43)23-32)49-26-40(44,27-49)25-47-20-15-29(16-21-47)41(28-46-17-7-18-46,30-8-4-9-31(42)22-30)34-11-5-12-36(34)45-39(51)54-2/h1,4,8-9,13-14,22-23,29,33-34,36H,5-7,10-12,15-21,24-28H2,2H3,(H,45,51)/t33?,34-,36-,41-/m0/s1. The summed E-state index contributed by atoms with van der Waals surface area (Å²) in [6, 6.07) is 10.6. The molecule has 4 aliphatic heterocycles. The van der Waals surface area contributed by atoms with Gasteiger partial charge in [0.1, 0.15) is 11.6 Å². The van der Waals surface area contributed by atoms with Gasteiger partial charge in [-0.15, -0.1) is 6.42 Å². The quantitative estimate of drug-likeness (QED) is 0.326. The minimum absolute atomic E-state index is 0.0210. The van der Waals surface area contributed by atoms with Gasteiger partial charge < -0.3 is 24.8 Å². The highest BCUT2D eigenvalue weighted by atomic mass is 32.2. The second-order valence-electron chi connectivity index (χ2n) is 16.3. The van der Waals surface area contributed by atoms with Gasteiger partial charge in [0.25, 0.3) is 5.91 Å². The van der Waals surface area contributed by atoms with E-state index in [0.29, 0.717) is 32.5 Å². The zero-order valence-electron chi connectivity index (χ0n) is 31.5. The van der Waals surface area contributed by atoms with Crippen molar-refractivity contribution in [3.8, 4) is 12.3 Å². The van der Waals surface area contributed by atoms with Gasteiger partial charge in [0, 0.05) is 37.6 Å². The lowest BCUT2D eigenvalue weighted by atomic mass is 9.57. The molecule has 1 N–H and O–H groups in total. The number of carbonyl (C=O) groups excluding carboxylic acids is 2. The molecule has 10 nitrogen and oxygen atoms in total. The van der Waals surface area contributed by atoms with Gasteiger partial charge in [-0.1, -0.05) is 18.6 Å². The Hall–Kier alpha value is -3.80. The highest BCUT2D eigenvalue weighted by Crippen LogP contribution is 2.52. The van der Waals surface area contributed by atoms with Gasteiger partial charge in [-0.25, -0.2) is 26.4 Å².